The second kappa shape index (κ2) is 13.3. The van der Waals surface area contributed by atoms with Crippen molar-refractivity contribution >= 4 is 82.4 Å². The van der Waals surface area contributed by atoms with Gasteiger partial charge in [0.1, 0.15) is 5.58 Å². The van der Waals surface area contributed by atoms with E-state index in [1.165, 1.54) is 54.6 Å². The van der Waals surface area contributed by atoms with Crippen molar-refractivity contribution in [3.05, 3.63) is 213 Å². The summed E-state index contributed by atoms with van der Waals surface area (Å²) in [5, 5.41) is 9.68. The lowest BCUT2D eigenvalue weighted by Crippen LogP contribution is -2.09. The maximum absolute atomic E-state index is 6.16. The van der Waals surface area contributed by atoms with Gasteiger partial charge < -0.3 is 13.9 Å². The minimum Gasteiger partial charge on any atom is -0.454 e. The summed E-state index contributed by atoms with van der Waals surface area (Å²) >= 11 is 0. The minimum absolute atomic E-state index is 0.797. The average Bonchev–Trinajstić information content (AvgIpc) is 3.86. The van der Waals surface area contributed by atoms with Crippen molar-refractivity contribution in [2.45, 2.75) is 0 Å². The summed E-state index contributed by atoms with van der Waals surface area (Å²) in [6, 6.07) is 72.2. The summed E-state index contributed by atoms with van der Waals surface area (Å²) in [5.74, 6) is 0. The topological polar surface area (TPSA) is 34.2 Å². The van der Waals surface area contributed by atoms with Gasteiger partial charge in [-0.1, -0.05) is 127 Å². The molecule has 0 saturated heterocycles. The Morgan fingerprint density at radius 1 is 0.407 bits per heavy atom. The molecule has 0 spiro atoms. The van der Waals surface area contributed by atoms with Gasteiger partial charge in [-0.2, -0.15) is 0 Å². The predicted octanol–water partition coefficient (Wildman–Crippen LogP) is 15.2. The molecule has 0 saturated carbocycles. The number of pyridine rings is 1. The van der Waals surface area contributed by atoms with Crippen molar-refractivity contribution in [2.24, 2.45) is 0 Å². The van der Waals surface area contributed by atoms with Gasteiger partial charge in [-0.05, 0) is 111 Å². The number of hydrogen-bond acceptors (Lipinski definition) is 3. The molecule has 4 heteroatoms. The third kappa shape index (κ3) is 5.34. The third-order valence-corrected chi connectivity index (χ3v) is 11.9. The molecule has 0 bridgehead atoms. The lowest BCUT2D eigenvalue weighted by atomic mass is 9.98. The average molecular weight is 754 g/mol. The van der Waals surface area contributed by atoms with Gasteiger partial charge in [0.2, 0.25) is 0 Å². The zero-order valence-electron chi connectivity index (χ0n) is 32.0. The van der Waals surface area contributed by atoms with E-state index in [0.717, 1.165) is 55.7 Å². The first-order chi connectivity index (χ1) is 29.3. The molecular formula is C55H35N3O. The van der Waals surface area contributed by atoms with E-state index in [1.807, 2.05) is 18.3 Å². The monoisotopic (exact) mass is 753 g/mol. The highest BCUT2D eigenvalue weighted by Crippen LogP contribution is 2.42. The molecule has 0 aliphatic carbocycles. The van der Waals surface area contributed by atoms with Crippen LogP contribution in [0.5, 0.6) is 0 Å². The maximum atomic E-state index is 6.16. The predicted molar refractivity (Wildman–Crippen MR) is 246 cm³/mol. The molecule has 0 N–H and O–H groups in total. The van der Waals surface area contributed by atoms with Crippen LogP contribution in [-0.4, -0.2) is 9.55 Å². The van der Waals surface area contributed by atoms with Crippen LogP contribution in [-0.2, 0) is 0 Å². The Morgan fingerprint density at radius 2 is 1.08 bits per heavy atom. The summed E-state index contributed by atoms with van der Waals surface area (Å²) < 4.78 is 8.62. The first kappa shape index (κ1) is 33.2. The van der Waals surface area contributed by atoms with Gasteiger partial charge in [0.15, 0.2) is 5.58 Å². The molecule has 0 aliphatic rings. The highest BCUT2D eigenvalue weighted by Gasteiger charge is 2.19. The van der Waals surface area contributed by atoms with Crippen LogP contribution >= 0.6 is 0 Å². The van der Waals surface area contributed by atoms with Gasteiger partial charge in [0.05, 0.1) is 22.9 Å². The molecule has 0 atom stereocenters. The van der Waals surface area contributed by atoms with Crippen LogP contribution in [0.1, 0.15) is 0 Å². The Kier molecular flexibility index (Phi) is 7.50. The highest BCUT2D eigenvalue weighted by molar-refractivity contribution is 6.22. The number of nitrogens with zero attached hydrogens (tertiary/aromatic N) is 3. The van der Waals surface area contributed by atoms with Gasteiger partial charge in [-0.25, -0.2) is 0 Å². The van der Waals surface area contributed by atoms with Crippen LogP contribution in [0.25, 0.3) is 93.2 Å². The number of anilines is 3. The van der Waals surface area contributed by atoms with Gasteiger partial charge >= 0.3 is 0 Å². The lowest BCUT2D eigenvalue weighted by Gasteiger charge is -2.26. The Balaban J connectivity index is 0.966. The molecule has 12 aromatic rings. The van der Waals surface area contributed by atoms with Crippen LogP contribution in [0.4, 0.5) is 17.1 Å². The van der Waals surface area contributed by atoms with Crippen LogP contribution in [0.15, 0.2) is 217 Å². The van der Waals surface area contributed by atoms with Crippen molar-refractivity contribution < 1.29 is 4.42 Å². The van der Waals surface area contributed by atoms with E-state index in [9.17, 15) is 0 Å². The van der Waals surface area contributed by atoms with E-state index in [1.54, 1.807) is 6.20 Å². The van der Waals surface area contributed by atoms with Crippen molar-refractivity contribution in [3.8, 4) is 27.9 Å². The first-order valence-electron chi connectivity index (χ1n) is 20.0. The molecule has 0 radical (unpaired) electrons. The molecule has 9 aromatic carbocycles. The molecule has 0 fully saturated rings. The Hall–Kier alpha value is -7.95. The van der Waals surface area contributed by atoms with E-state index in [4.69, 9.17) is 4.42 Å². The fourth-order valence-corrected chi connectivity index (χ4v) is 9.18. The minimum atomic E-state index is 0.797. The van der Waals surface area contributed by atoms with Crippen molar-refractivity contribution in [1.29, 1.82) is 0 Å². The van der Waals surface area contributed by atoms with Crippen LogP contribution in [0, 0.1) is 0 Å². The zero-order chi connectivity index (χ0) is 38.9. The molecule has 0 amide bonds. The Bertz CT molecular complexity index is 3550. The number of benzene rings is 9. The number of aromatic nitrogens is 2. The van der Waals surface area contributed by atoms with E-state index in [2.05, 4.69) is 203 Å². The molecule has 3 heterocycles. The van der Waals surface area contributed by atoms with Crippen LogP contribution in [0.2, 0.25) is 0 Å². The fraction of sp³-hybridized carbons (Fsp3) is 0. The molecule has 0 aliphatic heterocycles. The van der Waals surface area contributed by atoms with E-state index >= 15 is 0 Å². The summed E-state index contributed by atoms with van der Waals surface area (Å²) in [4.78, 5) is 6.60. The number of fused-ring (bicyclic) bond motifs is 9. The Morgan fingerprint density at radius 3 is 1.90 bits per heavy atom. The third-order valence-electron chi connectivity index (χ3n) is 11.9. The second-order valence-electron chi connectivity index (χ2n) is 15.2. The van der Waals surface area contributed by atoms with Gasteiger partial charge in [-0.3, -0.25) is 4.98 Å². The first-order valence-corrected chi connectivity index (χ1v) is 20.0. The number of rotatable bonds is 6. The van der Waals surface area contributed by atoms with Crippen LogP contribution < -0.4 is 4.90 Å². The number of para-hydroxylation sites is 2. The fourth-order valence-electron chi connectivity index (χ4n) is 9.18. The van der Waals surface area contributed by atoms with Crippen molar-refractivity contribution in [2.75, 3.05) is 4.90 Å². The molecule has 3 aromatic heterocycles. The van der Waals surface area contributed by atoms with E-state index < -0.39 is 0 Å². The largest absolute Gasteiger partial charge is 0.454 e. The summed E-state index contributed by atoms with van der Waals surface area (Å²) in [6.07, 6.45) is 3.61. The van der Waals surface area contributed by atoms with Gasteiger partial charge in [0, 0.05) is 50.2 Å². The molecular weight excluding hydrogens is 719 g/mol. The van der Waals surface area contributed by atoms with E-state index in [0.29, 0.717) is 0 Å². The zero-order valence-corrected chi connectivity index (χ0v) is 32.0. The smallest absolute Gasteiger partial charge is 0.153 e. The Labute approximate surface area is 340 Å². The standard InChI is InChI=1S/C55H35N3O/c1-2-13-41(14-3-1)57(43-28-23-38(24-29-43)46-18-10-20-52-55(46)48-31-32-56-35-53(48)59-52)42-26-21-36(22-27-42)40-33-39-12-5-6-15-44(39)51(34-40)58-49-19-9-8-17-47(49)54-45-16-7-4-11-37(45)25-30-50(54)58/h1-35H. The highest BCUT2D eigenvalue weighted by atomic mass is 16.3. The maximum Gasteiger partial charge on any atom is 0.153 e. The molecule has 276 valence electrons. The van der Waals surface area contributed by atoms with Crippen LogP contribution in [0.3, 0.4) is 0 Å². The van der Waals surface area contributed by atoms with Gasteiger partial charge in [0.25, 0.3) is 0 Å². The molecule has 4 nitrogen and oxygen atoms in total. The molecule has 0 unspecified atom stereocenters. The quantitative estimate of drug-likeness (QED) is 0.170. The second-order valence-corrected chi connectivity index (χ2v) is 15.2. The SMILES string of the molecule is c1ccc(N(c2ccc(-c3cc(-n4c5ccccc5c5c6ccccc6ccc54)c4ccccc4c3)cc2)c2ccc(-c3cccc4oc5cnccc5c34)cc2)cc1. The summed E-state index contributed by atoms with van der Waals surface area (Å²) in [5.41, 5.74) is 13.1. The van der Waals surface area contributed by atoms with Gasteiger partial charge in [-0.15, -0.1) is 0 Å². The lowest BCUT2D eigenvalue weighted by molar-refractivity contribution is 0.667. The summed E-state index contributed by atoms with van der Waals surface area (Å²) in [6.45, 7) is 0. The van der Waals surface area contributed by atoms with Crippen molar-refractivity contribution in [1.82, 2.24) is 9.55 Å². The molecule has 12 rings (SSSR count). The number of hydrogen-bond donors (Lipinski definition) is 0. The normalized spacial score (nSPS) is 11.7. The van der Waals surface area contributed by atoms with E-state index in [-0.39, 0.29) is 0 Å². The molecule has 59 heavy (non-hydrogen) atoms. The van der Waals surface area contributed by atoms with Crippen molar-refractivity contribution in [3.63, 3.8) is 0 Å². The summed E-state index contributed by atoms with van der Waals surface area (Å²) in [7, 11) is 0. The number of furan rings is 1.